The van der Waals surface area contributed by atoms with E-state index in [4.69, 9.17) is 4.74 Å². The van der Waals surface area contributed by atoms with Crippen molar-refractivity contribution in [2.75, 3.05) is 17.3 Å². The van der Waals surface area contributed by atoms with E-state index in [1.807, 2.05) is 43.3 Å². The maximum absolute atomic E-state index is 14.1. The number of benzene rings is 3. The molecule has 1 fully saturated rings. The zero-order valence-electron chi connectivity index (χ0n) is 25.1. The molecular weight excluding hydrogens is 595 g/mol. The van der Waals surface area contributed by atoms with E-state index in [-0.39, 0.29) is 34.6 Å². The Hall–Kier alpha value is -4.15. The molecule has 0 radical (unpaired) electrons. The Morgan fingerprint density at radius 2 is 1.57 bits per heavy atom. The van der Waals surface area contributed by atoms with Gasteiger partial charge in [-0.3, -0.25) is 23.7 Å². The number of thioether (sulfide) groups is 1. The molecule has 0 spiro atoms. The van der Waals surface area contributed by atoms with Gasteiger partial charge in [0.1, 0.15) is 17.5 Å². The molecule has 0 aliphatic carbocycles. The lowest BCUT2D eigenvalue weighted by atomic mass is 9.81. The number of ether oxygens (including phenoxy) is 1. The third-order valence-corrected chi connectivity index (χ3v) is 10.8. The molecule has 2 aliphatic heterocycles. The second kappa shape index (κ2) is 11.4. The Labute approximate surface area is 264 Å². The van der Waals surface area contributed by atoms with Gasteiger partial charge in [-0.05, 0) is 59.9 Å². The number of aryl methyl sites for hydroxylation is 1. The molecule has 0 saturated carbocycles. The molecule has 3 atom stereocenters. The van der Waals surface area contributed by atoms with E-state index in [1.165, 1.54) is 21.2 Å². The van der Waals surface area contributed by atoms with E-state index in [2.05, 4.69) is 26.1 Å². The first-order valence-corrected chi connectivity index (χ1v) is 16.0. The highest BCUT2D eigenvalue weighted by atomic mass is 32.2. The number of fused-ring (bicyclic) bond motifs is 2. The van der Waals surface area contributed by atoms with Crippen LogP contribution in [0.4, 0.5) is 11.4 Å². The number of imide groups is 1. The molecule has 3 heterocycles. The Morgan fingerprint density at radius 1 is 0.909 bits per heavy atom. The van der Waals surface area contributed by atoms with E-state index in [0.717, 1.165) is 28.0 Å². The van der Waals surface area contributed by atoms with Crippen molar-refractivity contribution in [1.29, 1.82) is 0 Å². The SMILES string of the molecule is COc1ccc(NC(=O)Cn2c3c(sc2=O)[C@@H](c2ccc(C(C)(C)C)cc2)[C@@H]2C(=O)N(c4ccc(C)cc4)C(=O)[C@@H]2S3)cc1. The third-order valence-electron chi connectivity index (χ3n) is 8.15. The molecule has 44 heavy (non-hydrogen) atoms. The average Bonchev–Trinajstić information content (AvgIpc) is 3.43. The molecule has 1 saturated heterocycles. The summed E-state index contributed by atoms with van der Waals surface area (Å²) in [6, 6.07) is 22.4. The maximum atomic E-state index is 14.1. The average molecular weight is 628 g/mol. The first-order chi connectivity index (χ1) is 21.0. The molecule has 1 aromatic heterocycles. The predicted octanol–water partition coefficient (Wildman–Crippen LogP) is 5.96. The van der Waals surface area contributed by atoms with Gasteiger partial charge in [0.05, 0.1) is 23.7 Å². The number of nitrogens with one attached hydrogen (secondary N) is 1. The standard InChI is InChI=1S/C34H33N3O5S2/c1-19-6-14-23(15-7-19)37-30(39)27-26(20-8-10-21(11-9-20)34(2,3)4)29-32(43-28(27)31(37)40)36(33(41)44-29)18-25(38)35-22-12-16-24(42-5)17-13-22/h6-17,26-28H,18H2,1-5H3,(H,35,38)/t26-,27-,28+/m0/s1. The summed E-state index contributed by atoms with van der Waals surface area (Å²) in [7, 11) is 1.57. The van der Waals surface area contributed by atoms with Crippen LogP contribution in [0.3, 0.4) is 0 Å². The van der Waals surface area contributed by atoms with Gasteiger partial charge in [-0.1, -0.05) is 85.8 Å². The maximum Gasteiger partial charge on any atom is 0.308 e. The summed E-state index contributed by atoms with van der Waals surface area (Å²) in [6.07, 6.45) is 0. The number of aromatic nitrogens is 1. The van der Waals surface area contributed by atoms with Crippen LogP contribution in [0.1, 0.15) is 48.3 Å². The lowest BCUT2D eigenvalue weighted by molar-refractivity contribution is -0.122. The third kappa shape index (κ3) is 5.37. The van der Waals surface area contributed by atoms with Crippen molar-refractivity contribution in [3.05, 3.63) is 104 Å². The van der Waals surface area contributed by atoms with E-state index in [9.17, 15) is 19.2 Å². The van der Waals surface area contributed by atoms with Crippen molar-refractivity contribution in [3.63, 3.8) is 0 Å². The first kappa shape index (κ1) is 29.9. The van der Waals surface area contributed by atoms with Crippen LogP contribution in [0.5, 0.6) is 5.75 Å². The number of nitrogens with zero attached hydrogens (tertiary/aromatic N) is 2. The Kier molecular flexibility index (Phi) is 7.75. The largest absolute Gasteiger partial charge is 0.497 e. The van der Waals surface area contributed by atoms with Crippen LogP contribution in [0, 0.1) is 12.8 Å². The summed E-state index contributed by atoms with van der Waals surface area (Å²) in [5.74, 6) is -1.52. The number of hydrogen-bond donors (Lipinski definition) is 1. The van der Waals surface area contributed by atoms with Gasteiger partial charge >= 0.3 is 4.87 Å². The minimum absolute atomic E-state index is 0.0680. The van der Waals surface area contributed by atoms with Gasteiger partial charge in [0.2, 0.25) is 17.7 Å². The van der Waals surface area contributed by atoms with E-state index in [1.54, 1.807) is 43.5 Å². The number of carbonyl (C=O) groups excluding carboxylic acids is 3. The zero-order valence-corrected chi connectivity index (χ0v) is 26.8. The van der Waals surface area contributed by atoms with E-state index < -0.39 is 17.1 Å². The van der Waals surface area contributed by atoms with E-state index in [0.29, 0.717) is 27.0 Å². The fourth-order valence-corrected chi connectivity index (χ4v) is 8.54. The smallest absolute Gasteiger partial charge is 0.308 e. The fraction of sp³-hybridized carbons (Fsp3) is 0.294. The number of anilines is 2. The topological polar surface area (TPSA) is 97.7 Å². The number of hydrogen-bond acceptors (Lipinski definition) is 7. The highest BCUT2D eigenvalue weighted by molar-refractivity contribution is 8.00. The second-order valence-corrected chi connectivity index (χ2v) is 14.3. The molecule has 6 rings (SSSR count). The molecule has 4 aromatic rings. The Morgan fingerprint density at radius 3 is 2.18 bits per heavy atom. The highest BCUT2D eigenvalue weighted by Gasteiger charge is 2.56. The molecule has 2 aliphatic rings. The molecule has 0 unspecified atom stereocenters. The molecule has 3 aromatic carbocycles. The lowest BCUT2D eigenvalue weighted by Crippen LogP contribution is -2.33. The molecule has 10 heteroatoms. The van der Waals surface area contributed by atoms with Crippen LogP contribution in [0.15, 0.2) is 82.6 Å². The number of rotatable bonds is 6. The number of carbonyl (C=O) groups is 3. The molecule has 226 valence electrons. The van der Waals surface area contributed by atoms with Crippen LogP contribution in [-0.4, -0.2) is 34.6 Å². The number of thiazole rings is 1. The van der Waals surface area contributed by atoms with Crippen LogP contribution in [-0.2, 0) is 26.3 Å². The number of methoxy groups -OCH3 is 1. The quantitative estimate of drug-likeness (QED) is 0.265. The Bertz CT molecular complexity index is 1800. The molecule has 1 N–H and O–H groups in total. The second-order valence-electron chi connectivity index (χ2n) is 12.2. The first-order valence-electron chi connectivity index (χ1n) is 14.4. The van der Waals surface area contributed by atoms with Gasteiger partial charge in [0.25, 0.3) is 0 Å². The van der Waals surface area contributed by atoms with Crippen LogP contribution < -0.4 is 19.8 Å². The van der Waals surface area contributed by atoms with Gasteiger partial charge in [0.15, 0.2) is 0 Å². The summed E-state index contributed by atoms with van der Waals surface area (Å²) in [4.78, 5) is 56.3. The molecular formula is C34H33N3O5S2. The van der Waals surface area contributed by atoms with Gasteiger partial charge in [0, 0.05) is 16.5 Å². The van der Waals surface area contributed by atoms with Crippen molar-refractivity contribution in [3.8, 4) is 5.75 Å². The number of amides is 3. The molecule has 8 nitrogen and oxygen atoms in total. The van der Waals surface area contributed by atoms with Crippen LogP contribution in [0.2, 0.25) is 0 Å². The van der Waals surface area contributed by atoms with Gasteiger partial charge in [-0.25, -0.2) is 4.90 Å². The van der Waals surface area contributed by atoms with Crippen molar-refractivity contribution >= 4 is 52.2 Å². The fourth-order valence-electron chi connectivity index (χ4n) is 5.77. The molecule has 3 amide bonds. The summed E-state index contributed by atoms with van der Waals surface area (Å²) >= 11 is 2.25. The molecule has 0 bridgehead atoms. The summed E-state index contributed by atoms with van der Waals surface area (Å²) < 4.78 is 6.62. The highest BCUT2D eigenvalue weighted by Crippen LogP contribution is 2.54. The van der Waals surface area contributed by atoms with Gasteiger partial charge < -0.3 is 10.1 Å². The lowest BCUT2D eigenvalue weighted by Gasteiger charge is -2.31. The van der Waals surface area contributed by atoms with E-state index >= 15 is 0 Å². The monoisotopic (exact) mass is 627 g/mol. The summed E-state index contributed by atoms with van der Waals surface area (Å²) in [5, 5.41) is 2.65. The van der Waals surface area contributed by atoms with Crippen molar-refractivity contribution in [2.24, 2.45) is 5.92 Å². The normalized spacial score (nSPS) is 19.5. The van der Waals surface area contributed by atoms with Crippen LogP contribution >= 0.6 is 23.1 Å². The van der Waals surface area contributed by atoms with Crippen LogP contribution in [0.25, 0.3) is 0 Å². The van der Waals surface area contributed by atoms with Crippen molar-refractivity contribution in [2.45, 2.75) is 55.8 Å². The van der Waals surface area contributed by atoms with Gasteiger partial charge in [-0.2, -0.15) is 0 Å². The van der Waals surface area contributed by atoms with Crippen molar-refractivity contribution in [1.82, 2.24) is 4.57 Å². The zero-order chi connectivity index (χ0) is 31.3. The minimum atomic E-state index is -0.742. The Balaban J connectivity index is 1.40. The minimum Gasteiger partial charge on any atom is -0.497 e. The van der Waals surface area contributed by atoms with Crippen molar-refractivity contribution < 1.29 is 19.1 Å². The van der Waals surface area contributed by atoms with Gasteiger partial charge in [-0.15, -0.1) is 0 Å². The summed E-state index contributed by atoms with van der Waals surface area (Å²) in [6.45, 7) is 8.13. The summed E-state index contributed by atoms with van der Waals surface area (Å²) in [5.41, 5.74) is 4.05. The predicted molar refractivity (Wildman–Crippen MR) is 174 cm³/mol.